The largest absolute Gasteiger partial charge is 0.395 e. The summed E-state index contributed by atoms with van der Waals surface area (Å²) in [6.45, 7) is 6.64. The Hall–Kier alpha value is -0.340. The summed E-state index contributed by atoms with van der Waals surface area (Å²) in [6, 6.07) is 0.213. The summed E-state index contributed by atoms with van der Waals surface area (Å²) in [5, 5.41) is 11.7. The molecule has 0 bridgehead atoms. The molecule has 2 N–H and O–H groups in total. The van der Waals surface area contributed by atoms with Crippen LogP contribution in [0, 0.1) is 0 Å². The van der Waals surface area contributed by atoms with Gasteiger partial charge in [0.05, 0.1) is 6.61 Å². The predicted molar refractivity (Wildman–Crippen MR) is 39.4 cm³/mol. The Kier molecular flexibility index (Phi) is 5.57. The lowest BCUT2D eigenvalue weighted by atomic mass is 10.3. The minimum atomic E-state index is 0.205. The van der Waals surface area contributed by atoms with Crippen molar-refractivity contribution in [1.29, 1.82) is 0 Å². The van der Waals surface area contributed by atoms with Gasteiger partial charge in [0.25, 0.3) is 0 Å². The molecule has 0 amide bonds. The van der Waals surface area contributed by atoms with E-state index in [1.54, 1.807) is 0 Å². The van der Waals surface area contributed by atoms with Crippen LogP contribution in [0.25, 0.3) is 0 Å². The van der Waals surface area contributed by atoms with Gasteiger partial charge in [0.15, 0.2) is 0 Å². The highest BCUT2D eigenvalue weighted by Gasteiger charge is 1.93. The van der Waals surface area contributed by atoms with Gasteiger partial charge in [-0.25, -0.2) is 0 Å². The van der Waals surface area contributed by atoms with Crippen molar-refractivity contribution in [1.82, 2.24) is 5.32 Å². The molecular formula is C7H15NO. The molecule has 0 saturated heterocycles. The zero-order valence-electron chi connectivity index (χ0n) is 5.93. The number of hydrogen-bond acceptors (Lipinski definition) is 2. The van der Waals surface area contributed by atoms with E-state index >= 15 is 0 Å². The van der Waals surface area contributed by atoms with E-state index in [-0.39, 0.29) is 12.6 Å². The first-order valence-electron chi connectivity index (χ1n) is 3.26. The van der Waals surface area contributed by atoms with Crippen molar-refractivity contribution in [3.05, 3.63) is 12.7 Å². The van der Waals surface area contributed by atoms with Crippen molar-refractivity contribution < 1.29 is 5.11 Å². The number of nitrogens with one attached hydrogen (secondary N) is 1. The van der Waals surface area contributed by atoms with Crippen LogP contribution in [0.5, 0.6) is 0 Å². The molecule has 0 fully saturated rings. The molecule has 2 nitrogen and oxygen atoms in total. The van der Waals surface area contributed by atoms with Gasteiger partial charge in [-0.05, 0) is 19.9 Å². The molecule has 0 radical (unpaired) electrons. The molecule has 0 rings (SSSR count). The van der Waals surface area contributed by atoms with Crippen LogP contribution >= 0.6 is 0 Å². The van der Waals surface area contributed by atoms with Gasteiger partial charge in [0, 0.05) is 6.04 Å². The van der Waals surface area contributed by atoms with Crippen molar-refractivity contribution in [2.45, 2.75) is 19.4 Å². The first kappa shape index (κ1) is 8.66. The zero-order valence-corrected chi connectivity index (χ0v) is 5.93. The van der Waals surface area contributed by atoms with Crippen LogP contribution in [0.1, 0.15) is 13.3 Å². The normalized spacial score (nSPS) is 13.1. The Bertz CT molecular complexity index is 73.3. The lowest BCUT2D eigenvalue weighted by Crippen LogP contribution is -2.29. The standard InChI is InChI=1S/C7H15NO/c1-3-4-5-8-7(2)6-9/h3,7-9H,1,4-6H2,2H3. The maximum absolute atomic E-state index is 8.55. The quantitative estimate of drug-likeness (QED) is 0.419. The molecule has 0 aliphatic rings. The van der Waals surface area contributed by atoms with E-state index in [0.717, 1.165) is 13.0 Å². The van der Waals surface area contributed by atoms with Gasteiger partial charge in [0.2, 0.25) is 0 Å². The number of hydrogen-bond donors (Lipinski definition) is 2. The van der Waals surface area contributed by atoms with Crippen LogP contribution in [-0.2, 0) is 0 Å². The molecule has 0 aromatic carbocycles. The van der Waals surface area contributed by atoms with E-state index in [0.29, 0.717) is 0 Å². The fourth-order valence-corrected chi connectivity index (χ4v) is 0.496. The van der Waals surface area contributed by atoms with Crippen molar-refractivity contribution in [2.24, 2.45) is 0 Å². The highest BCUT2D eigenvalue weighted by molar-refractivity contribution is 4.69. The van der Waals surface area contributed by atoms with Crippen LogP contribution in [0.15, 0.2) is 12.7 Å². The van der Waals surface area contributed by atoms with Gasteiger partial charge >= 0.3 is 0 Å². The Morgan fingerprint density at radius 3 is 2.89 bits per heavy atom. The Morgan fingerprint density at radius 2 is 2.44 bits per heavy atom. The SMILES string of the molecule is C=CCCNC(C)CO. The maximum atomic E-state index is 8.55. The van der Waals surface area contributed by atoms with Crippen molar-refractivity contribution in [2.75, 3.05) is 13.2 Å². The molecular weight excluding hydrogens is 114 g/mol. The van der Waals surface area contributed by atoms with Crippen LogP contribution in [-0.4, -0.2) is 24.3 Å². The highest BCUT2D eigenvalue weighted by Crippen LogP contribution is 1.80. The molecule has 0 aromatic heterocycles. The highest BCUT2D eigenvalue weighted by atomic mass is 16.3. The molecule has 1 atom stereocenters. The van der Waals surface area contributed by atoms with Crippen molar-refractivity contribution in [3.63, 3.8) is 0 Å². The minimum absolute atomic E-state index is 0.205. The molecule has 0 saturated carbocycles. The summed E-state index contributed by atoms with van der Waals surface area (Å²) in [5.41, 5.74) is 0. The molecule has 0 aromatic rings. The fraction of sp³-hybridized carbons (Fsp3) is 0.714. The van der Waals surface area contributed by atoms with Crippen LogP contribution in [0.2, 0.25) is 0 Å². The Balaban J connectivity index is 2.96. The van der Waals surface area contributed by atoms with E-state index in [1.165, 1.54) is 0 Å². The molecule has 0 spiro atoms. The maximum Gasteiger partial charge on any atom is 0.0581 e. The van der Waals surface area contributed by atoms with Gasteiger partial charge in [-0.3, -0.25) is 0 Å². The predicted octanol–water partition coefficient (Wildman–Crippen LogP) is 0.533. The summed E-state index contributed by atoms with van der Waals surface area (Å²) in [4.78, 5) is 0. The fourth-order valence-electron chi connectivity index (χ4n) is 0.496. The average molecular weight is 129 g/mol. The zero-order chi connectivity index (χ0) is 7.11. The van der Waals surface area contributed by atoms with Crippen LogP contribution in [0.4, 0.5) is 0 Å². The third kappa shape index (κ3) is 5.53. The summed E-state index contributed by atoms with van der Waals surface area (Å²) < 4.78 is 0. The number of aliphatic hydroxyl groups excluding tert-OH is 1. The van der Waals surface area contributed by atoms with E-state index in [1.807, 2.05) is 13.0 Å². The average Bonchev–Trinajstić information content (AvgIpc) is 1.89. The topological polar surface area (TPSA) is 32.3 Å². The number of aliphatic hydroxyl groups is 1. The Morgan fingerprint density at radius 1 is 1.78 bits per heavy atom. The molecule has 1 unspecified atom stereocenters. The van der Waals surface area contributed by atoms with Crippen molar-refractivity contribution in [3.8, 4) is 0 Å². The Labute approximate surface area is 56.6 Å². The summed E-state index contributed by atoms with van der Waals surface area (Å²) in [5.74, 6) is 0. The van der Waals surface area contributed by atoms with Gasteiger partial charge < -0.3 is 10.4 Å². The third-order valence-corrected chi connectivity index (χ3v) is 1.12. The van der Waals surface area contributed by atoms with Crippen LogP contribution < -0.4 is 5.32 Å². The summed E-state index contributed by atoms with van der Waals surface area (Å²) in [7, 11) is 0. The van der Waals surface area contributed by atoms with Crippen LogP contribution in [0.3, 0.4) is 0 Å². The second-order valence-electron chi connectivity index (χ2n) is 2.12. The molecule has 0 heterocycles. The van der Waals surface area contributed by atoms with Gasteiger partial charge in [-0.2, -0.15) is 0 Å². The smallest absolute Gasteiger partial charge is 0.0581 e. The van der Waals surface area contributed by atoms with Gasteiger partial charge in [0.1, 0.15) is 0 Å². The first-order valence-corrected chi connectivity index (χ1v) is 3.26. The lowest BCUT2D eigenvalue weighted by Gasteiger charge is -2.07. The third-order valence-electron chi connectivity index (χ3n) is 1.12. The molecule has 2 heteroatoms. The van der Waals surface area contributed by atoms with Crippen molar-refractivity contribution >= 4 is 0 Å². The molecule has 0 aliphatic heterocycles. The van der Waals surface area contributed by atoms with Gasteiger partial charge in [-0.15, -0.1) is 6.58 Å². The first-order chi connectivity index (χ1) is 4.31. The second kappa shape index (κ2) is 5.79. The van der Waals surface area contributed by atoms with E-state index in [2.05, 4.69) is 11.9 Å². The number of rotatable bonds is 5. The van der Waals surface area contributed by atoms with E-state index in [9.17, 15) is 0 Å². The van der Waals surface area contributed by atoms with Gasteiger partial charge in [-0.1, -0.05) is 6.08 Å². The van der Waals surface area contributed by atoms with E-state index in [4.69, 9.17) is 5.11 Å². The summed E-state index contributed by atoms with van der Waals surface area (Å²) in [6.07, 6.45) is 2.82. The molecule has 0 aliphatic carbocycles. The molecule has 54 valence electrons. The minimum Gasteiger partial charge on any atom is -0.395 e. The second-order valence-corrected chi connectivity index (χ2v) is 2.12. The lowest BCUT2D eigenvalue weighted by molar-refractivity contribution is 0.252. The monoisotopic (exact) mass is 129 g/mol. The molecule has 9 heavy (non-hydrogen) atoms. The van der Waals surface area contributed by atoms with E-state index < -0.39 is 0 Å². The summed E-state index contributed by atoms with van der Waals surface area (Å²) >= 11 is 0.